The summed E-state index contributed by atoms with van der Waals surface area (Å²) in [5.41, 5.74) is 1.09. The minimum absolute atomic E-state index is 0.751. The van der Waals surface area contributed by atoms with Crippen LogP contribution in [0.1, 0.15) is 15.6 Å². The van der Waals surface area contributed by atoms with Crippen LogP contribution in [0.5, 0.6) is 0 Å². The molecule has 1 aromatic carbocycles. The summed E-state index contributed by atoms with van der Waals surface area (Å²) in [5.74, 6) is 0. The molecule has 0 aliphatic rings. The fourth-order valence-electron chi connectivity index (χ4n) is 1.39. The smallest absolute Gasteiger partial charge is 0.131 e. The molecule has 5 heteroatoms. The topological polar surface area (TPSA) is 37.8 Å². The first-order valence-electron chi connectivity index (χ1n) is 4.99. The monoisotopic (exact) mass is 253 g/mol. The standard InChI is InChI=1S/C11H12ClN3S/c1-13-7-11-15-14-10(16-11)6-8-4-2-3-5-9(8)12/h2-5,13H,6-7H2,1H3. The molecule has 0 saturated heterocycles. The number of benzene rings is 1. The molecule has 84 valence electrons. The average molecular weight is 254 g/mol. The molecule has 0 radical (unpaired) electrons. The summed E-state index contributed by atoms with van der Waals surface area (Å²) in [4.78, 5) is 0. The quantitative estimate of drug-likeness (QED) is 0.910. The van der Waals surface area contributed by atoms with E-state index in [1.165, 1.54) is 0 Å². The lowest BCUT2D eigenvalue weighted by Gasteiger charge is -1.99. The Balaban J connectivity index is 2.11. The highest BCUT2D eigenvalue weighted by Crippen LogP contribution is 2.20. The zero-order valence-corrected chi connectivity index (χ0v) is 10.5. The Bertz CT molecular complexity index is 470. The van der Waals surface area contributed by atoms with Crippen molar-refractivity contribution in [2.75, 3.05) is 7.05 Å². The molecule has 2 aromatic rings. The number of hydrogen-bond acceptors (Lipinski definition) is 4. The van der Waals surface area contributed by atoms with Crippen LogP contribution in [0.3, 0.4) is 0 Å². The van der Waals surface area contributed by atoms with Crippen LogP contribution in [0.25, 0.3) is 0 Å². The van der Waals surface area contributed by atoms with Crippen LogP contribution in [0.2, 0.25) is 5.02 Å². The first-order chi connectivity index (χ1) is 7.79. The predicted octanol–water partition coefficient (Wildman–Crippen LogP) is 2.50. The third kappa shape index (κ3) is 2.78. The minimum Gasteiger partial charge on any atom is -0.313 e. The Morgan fingerprint density at radius 2 is 2.00 bits per heavy atom. The zero-order valence-electron chi connectivity index (χ0n) is 8.90. The van der Waals surface area contributed by atoms with Crippen molar-refractivity contribution in [3.8, 4) is 0 Å². The van der Waals surface area contributed by atoms with Crippen LogP contribution in [0.15, 0.2) is 24.3 Å². The Morgan fingerprint density at radius 1 is 1.25 bits per heavy atom. The Hall–Kier alpha value is -0.970. The van der Waals surface area contributed by atoms with Gasteiger partial charge in [0.1, 0.15) is 10.0 Å². The van der Waals surface area contributed by atoms with Crippen molar-refractivity contribution in [2.45, 2.75) is 13.0 Å². The molecule has 0 unspecified atom stereocenters. The van der Waals surface area contributed by atoms with E-state index in [0.717, 1.165) is 33.6 Å². The lowest BCUT2D eigenvalue weighted by Crippen LogP contribution is -2.04. The molecule has 0 saturated carbocycles. The van der Waals surface area contributed by atoms with Gasteiger partial charge in [0, 0.05) is 18.0 Å². The molecular formula is C11H12ClN3S. The van der Waals surface area contributed by atoms with E-state index in [1.54, 1.807) is 11.3 Å². The molecule has 1 N–H and O–H groups in total. The second kappa shape index (κ2) is 5.39. The lowest BCUT2D eigenvalue weighted by molar-refractivity contribution is 0.791. The van der Waals surface area contributed by atoms with E-state index in [9.17, 15) is 0 Å². The van der Waals surface area contributed by atoms with Gasteiger partial charge in [-0.15, -0.1) is 10.2 Å². The van der Waals surface area contributed by atoms with E-state index in [0.29, 0.717) is 0 Å². The maximum absolute atomic E-state index is 6.09. The maximum Gasteiger partial charge on any atom is 0.131 e. The van der Waals surface area contributed by atoms with E-state index >= 15 is 0 Å². The number of nitrogens with zero attached hydrogens (tertiary/aromatic N) is 2. The zero-order chi connectivity index (χ0) is 11.4. The van der Waals surface area contributed by atoms with Crippen LogP contribution < -0.4 is 5.32 Å². The average Bonchev–Trinajstić information content (AvgIpc) is 2.70. The number of hydrogen-bond donors (Lipinski definition) is 1. The van der Waals surface area contributed by atoms with Crippen molar-refractivity contribution in [1.82, 2.24) is 15.5 Å². The fraction of sp³-hybridized carbons (Fsp3) is 0.273. The van der Waals surface area contributed by atoms with E-state index < -0.39 is 0 Å². The molecule has 0 bridgehead atoms. The fourth-order valence-corrected chi connectivity index (χ4v) is 2.47. The van der Waals surface area contributed by atoms with Crippen molar-refractivity contribution in [3.63, 3.8) is 0 Å². The lowest BCUT2D eigenvalue weighted by atomic mass is 10.2. The Labute approximate surface area is 103 Å². The van der Waals surface area contributed by atoms with Crippen molar-refractivity contribution in [2.24, 2.45) is 0 Å². The highest BCUT2D eigenvalue weighted by Gasteiger charge is 2.06. The Kier molecular flexibility index (Phi) is 3.88. The molecule has 0 aliphatic heterocycles. The van der Waals surface area contributed by atoms with Crippen LogP contribution in [-0.4, -0.2) is 17.2 Å². The van der Waals surface area contributed by atoms with Crippen LogP contribution in [-0.2, 0) is 13.0 Å². The molecule has 0 amide bonds. The largest absolute Gasteiger partial charge is 0.313 e. The van der Waals surface area contributed by atoms with Crippen LogP contribution in [0.4, 0.5) is 0 Å². The first-order valence-corrected chi connectivity index (χ1v) is 6.18. The molecule has 3 nitrogen and oxygen atoms in total. The number of halogens is 1. The normalized spacial score (nSPS) is 10.6. The SMILES string of the molecule is CNCc1nnc(Cc2ccccc2Cl)s1. The van der Waals surface area contributed by atoms with Gasteiger partial charge in [-0.3, -0.25) is 0 Å². The van der Waals surface area contributed by atoms with Crippen molar-refractivity contribution in [3.05, 3.63) is 44.9 Å². The number of nitrogens with one attached hydrogen (secondary N) is 1. The molecule has 2 rings (SSSR count). The van der Waals surface area contributed by atoms with E-state index in [2.05, 4.69) is 15.5 Å². The van der Waals surface area contributed by atoms with Gasteiger partial charge < -0.3 is 5.32 Å². The highest BCUT2D eigenvalue weighted by molar-refractivity contribution is 7.11. The van der Waals surface area contributed by atoms with Crippen LogP contribution in [0, 0.1) is 0 Å². The summed E-state index contributed by atoms with van der Waals surface area (Å²) in [6, 6.07) is 7.82. The predicted molar refractivity (Wildman–Crippen MR) is 66.9 cm³/mol. The molecular weight excluding hydrogens is 242 g/mol. The maximum atomic E-state index is 6.09. The molecule has 0 atom stereocenters. The third-order valence-corrected chi connectivity index (χ3v) is 3.43. The molecule has 16 heavy (non-hydrogen) atoms. The third-order valence-electron chi connectivity index (χ3n) is 2.14. The van der Waals surface area contributed by atoms with Gasteiger partial charge in [0.2, 0.25) is 0 Å². The molecule has 0 aliphatic carbocycles. The van der Waals surface area contributed by atoms with Crippen molar-refractivity contribution < 1.29 is 0 Å². The van der Waals surface area contributed by atoms with Gasteiger partial charge >= 0.3 is 0 Å². The molecule has 0 fully saturated rings. The Morgan fingerprint density at radius 3 is 2.75 bits per heavy atom. The summed E-state index contributed by atoms with van der Waals surface area (Å²) in [6.07, 6.45) is 0.751. The minimum atomic E-state index is 0.751. The van der Waals surface area contributed by atoms with Gasteiger partial charge in [0.25, 0.3) is 0 Å². The van der Waals surface area contributed by atoms with Gasteiger partial charge in [0.05, 0.1) is 0 Å². The van der Waals surface area contributed by atoms with Crippen LogP contribution >= 0.6 is 22.9 Å². The molecule has 0 spiro atoms. The second-order valence-corrected chi connectivity index (χ2v) is 4.94. The van der Waals surface area contributed by atoms with Crippen molar-refractivity contribution >= 4 is 22.9 Å². The summed E-state index contributed by atoms with van der Waals surface area (Å²) in [6.45, 7) is 0.764. The molecule has 1 heterocycles. The van der Waals surface area contributed by atoms with E-state index in [-0.39, 0.29) is 0 Å². The highest BCUT2D eigenvalue weighted by atomic mass is 35.5. The van der Waals surface area contributed by atoms with Gasteiger partial charge in [0.15, 0.2) is 0 Å². The number of rotatable bonds is 4. The summed E-state index contributed by atoms with van der Waals surface area (Å²) in [7, 11) is 1.90. The number of aromatic nitrogens is 2. The summed E-state index contributed by atoms with van der Waals surface area (Å²) in [5, 5.41) is 14.1. The van der Waals surface area contributed by atoms with Gasteiger partial charge in [-0.2, -0.15) is 0 Å². The first kappa shape index (κ1) is 11.5. The van der Waals surface area contributed by atoms with Gasteiger partial charge in [-0.05, 0) is 18.7 Å². The molecule has 1 aromatic heterocycles. The van der Waals surface area contributed by atoms with Crippen molar-refractivity contribution in [1.29, 1.82) is 0 Å². The van der Waals surface area contributed by atoms with E-state index in [4.69, 9.17) is 11.6 Å². The van der Waals surface area contributed by atoms with E-state index in [1.807, 2.05) is 31.3 Å². The summed E-state index contributed by atoms with van der Waals surface area (Å²) < 4.78 is 0. The van der Waals surface area contributed by atoms with Gasteiger partial charge in [-0.25, -0.2) is 0 Å². The second-order valence-electron chi connectivity index (χ2n) is 3.39. The summed E-state index contributed by atoms with van der Waals surface area (Å²) >= 11 is 7.70. The van der Waals surface area contributed by atoms with Gasteiger partial charge in [-0.1, -0.05) is 41.1 Å².